The van der Waals surface area contributed by atoms with Crippen LogP contribution in [0.5, 0.6) is 0 Å². The second-order valence-corrected chi connectivity index (χ2v) is 10.4. The number of Topliss-reactive ketones (excluding diaryl/α,β-unsaturated/α-hetero) is 1. The van der Waals surface area contributed by atoms with Crippen molar-refractivity contribution in [2.75, 3.05) is 13.1 Å². The summed E-state index contributed by atoms with van der Waals surface area (Å²) in [7, 11) is 0. The molecule has 1 aliphatic heterocycles. The minimum Gasteiger partial charge on any atom is -0.339 e. The molecule has 4 rings (SSSR count). The Labute approximate surface area is 250 Å². The number of ketones is 1. The van der Waals surface area contributed by atoms with E-state index in [1.165, 1.54) is 34.4 Å². The summed E-state index contributed by atoms with van der Waals surface area (Å²) in [6.45, 7) is 20.1. The van der Waals surface area contributed by atoms with Gasteiger partial charge < -0.3 is 4.90 Å². The number of piperidine rings is 1. The van der Waals surface area contributed by atoms with Crippen LogP contribution in [0.3, 0.4) is 0 Å². The Hall–Kier alpha value is -3.27. The first kappa shape index (κ1) is 35.8. The van der Waals surface area contributed by atoms with Crippen molar-refractivity contribution in [2.45, 2.75) is 107 Å². The molecule has 0 radical (unpaired) electrons. The summed E-state index contributed by atoms with van der Waals surface area (Å²) in [5.74, 6) is 0.352. The first-order chi connectivity index (χ1) is 19.7. The highest BCUT2D eigenvalue weighted by Crippen LogP contribution is 2.17. The molecule has 2 aromatic carbocycles. The lowest BCUT2D eigenvalue weighted by molar-refractivity contribution is 0.0724. The third-order valence-electron chi connectivity index (χ3n) is 7.30. The molecule has 4 nitrogen and oxygen atoms in total. The smallest absolute Gasteiger partial charge is 0.253 e. The highest BCUT2D eigenvalue weighted by Gasteiger charge is 2.18. The van der Waals surface area contributed by atoms with Gasteiger partial charge in [0, 0.05) is 36.1 Å². The van der Waals surface area contributed by atoms with E-state index in [9.17, 15) is 9.59 Å². The number of hydrogen-bond acceptors (Lipinski definition) is 3. The maximum Gasteiger partial charge on any atom is 0.253 e. The van der Waals surface area contributed by atoms with Gasteiger partial charge in [-0.25, -0.2) is 0 Å². The minimum atomic E-state index is 0.137. The molecule has 1 aliphatic rings. The molecule has 2 heterocycles. The molecular weight excluding hydrogens is 504 g/mol. The van der Waals surface area contributed by atoms with Gasteiger partial charge >= 0.3 is 0 Å². The molecule has 1 fully saturated rings. The van der Waals surface area contributed by atoms with Crippen molar-refractivity contribution >= 4 is 11.7 Å². The molecule has 0 atom stereocenters. The maximum atomic E-state index is 12.4. The lowest BCUT2D eigenvalue weighted by Gasteiger charge is -2.27. The highest BCUT2D eigenvalue weighted by molar-refractivity contribution is 5.95. The predicted molar refractivity (Wildman–Crippen MR) is 175 cm³/mol. The van der Waals surface area contributed by atoms with E-state index < -0.39 is 0 Å². The Kier molecular flexibility index (Phi) is 17.2. The largest absolute Gasteiger partial charge is 0.339 e. The van der Waals surface area contributed by atoms with E-state index in [1.54, 1.807) is 6.92 Å². The Bertz CT molecular complexity index is 1210. The fraction of sp³-hybridized carbons (Fsp3) is 0.486. The zero-order valence-electron chi connectivity index (χ0n) is 27.3. The molecule has 224 valence electrons. The monoisotopic (exact) mass is 558 g/mol. The molecule has 0 saturated carbocycles. The van der Waals surface area contributed by atoms with Crippen molar-refractivity contribution < 1.29 is 9.59 Å². The molecule has 0 aliphatic carbocycles. The second-order valence-electron chi connectivity index (χ2n) is 10.4. The molecule has 0 spiro atoms. The van der Waals surface area contributed by atoms with Crippen molar-refractivity contribution in [1.29, 1.82) is 0 Å². The van der Waals surface area contributed by atoms with E-state index in [1.807, 2.05) is 62.2 Å². The summed E-state index contributed by atoms with van der Waals surface area (Å²) in [4.78, 5) is 29.6. The number of amides is 1. The van der Waals surface area contributed by atoms with Crippen LogP contribution in [0.4, 0.5) is 0 Å². The standard InChI is InChI=1S/C16H23NO.C10H15N.C9H10O.C2H6/c1-3-7-14-12-15(9-8-13(14)2)16(18)17-10-5-4-6-11-17;1-4-9-7-11-10(5-2)6-8(9)3;1-7-5-3-4-6-9(7)8(2)10;1-2/h8-9,12H,3-7,10-11H2,1-2H3;6-7H,4-5H2,1-3H3;3-6H,1-2H3;1-2H3. The van der Waals surface area contributed by atoms with Gasteiger partial charge in [-0.2, -0.15) is 0 Å². The summed E-state index contributed by atoms with van der Waals surface area (Å²) in [5, 5.41) is 0. The van der Waals surface area contributed by atoms with Crippen LogP contribution >= 0.6 is 0 Å². The zero-order chi connectivity index (χ0) is 30.8. The third-order valence-corrected chi connectivity index (χ3v) is 7.30. The van der Waals surface area contributed by atoms with Gasteiger partial charge in [-0.3, -0.25) is 14.6 Å². The number of pyridine rings is 1. The third kappa shape index (κ3) is 12.0. The van der Waals surface area contributed by atoms with Crippen molar-refractivity contribution in [1.82, 2.24) is 9.88 Å². The van der Waals surface area contributed by atoms with E-state index in [2.05, 4.69) is 57.8 Å². The van der Waals surface area contributed by atoms with Crippen LogP contribution in [0.2, 0.25) is 0 Å². The fourth-order valence-corrected chi connectivity index (χ4v) is 4.80. The fourth-order valence-electron chi connectivity index (χ4n) is 4.80. The highest BCUT2D eigenvalue weighted by atomic mass is 16.2. The Balaban J connectivity index is 0.000000316. The van der Waals surface area contributed by atoms with Crippen molar-refractivity contribution in [3.63, 3.8) is 0 Å². The normalized spacial score (nSPS) is 12.1. The van der Waals surface area contributed by atoms with Crippen LogP contribution in [-0.2, 0) is 19.3 Å². The average Bonchev–Trinajstić information content (AvgIpc) is 3.00. The SMILES string of the molecule is CC.CC(=O)c1ccccc1C.CCCc1cc(C(=O)N2CCCCC2)ccc1C.CCc1cc(C)c(CC)cn1. The van der Waals surface area contributed by atoms with Crippen LogP contribution in [0.25, 0.3) is 0 Å². The predicted octanol–water partition coefficient (Wildman–Crippen LogP) is 9.31. The van der Waals surface area contributed by atoms with E-state index in [-0.39, 0.29) is 11.7 Å². The summed E-state index contributed by atoms with van der Waals surface area (Å²) >= 11 is 0. The van der Waals surface area contributed by atoms with Crippen LogP contribution < -0.4 is 0 Å². The van der Waals surface area contributed by atoms with E-state index in [0.717, 1.165) is 68.3 Å². The van der Waals surface area contributed by atoms with Gasteiger partial charge in [-0.1, -0.05) is 71.4 Å². The summed E-state index contributed by atoms with van der Waals surface area (Å²) in [5.41, 5.74) is 9.29. The molecule has 1 saturated heterocycles. The number of benzene rings is 2. The quantitative estimate of drug-likeness (QED) is 0.283. The Morgan fingerprint density at radius 3 is 1.95 bits per heavy atom. The van der Waals surface area contributed by atoms with Crippen LogP contribution in [0, 0.1) is 20.8 Å². The summed E-state index contributed by atoms with van der Waals surface area (Å²) in [6, 6.07) is 15.9. The molecule has 41 heavy (non-hydrogen) atoms. The van der Waals surface area contributed by atoms with Gasteiger partial charge in [-0.15, -0.1) is 0 Å². The van der Waals surface area contributed by atoms with Crippen LogP contribution in [0.1, 0.15) is 121 Å². The Morgan fingerprint density at radius 1 is 0.780 bits per heavy atom. The van der Waals surface area contributed by atoms with E-state index in [0.29, 0.717) is 0 Å². The second kappa shape index (κ2) is 19.7. The molecular formula is C37H54N2O2. The molecule has 1 amide bonds. The van der Waals surface area contributed by atoms with Gasteiger partial charge in [0.05, 0.1) is 0 Å². The molecule has 0 bridgehead atoms. The first-order valence-electron chi connectivity index (χ1n) is 15.6. The summed E-state index contributed by atoms with van der Waals surface area (Å²) < 4.78 is 0. The molecule has 0 unspecified atom stereocenters. The van der Waals surface area contributed by atoms with Crippen molar-refractivity contribution in [3.8, 4) is 0 Å². The first-order valence-corrected chi connectivity index (χ1v) is 15.6. The number of hydrogen-bond donors (Lipinski definition) is 0. The van der Waals surface area contributed by atoms with Crippen molar-refractivity contribution in [2.24, 2.45) is 0 Å². The number of nitrogens with zero attached hydrogens (tertiary/aromatic N) is 2. The number of rotatable bonds is 6. The number of likely N-dealkylation sites (tertiary alicyclic amines) is 1. The topological polar surface area (TPSA) is 50.3 Å². The molecule has 3 aromatic rings. The van der Waals surface area contributed by atoms with Crippen molar-refractivity contribution in [3.05, 3.63) is 99.4 Å². The lowest BCUT2D eigenvalue weighted by Crippen LogP contribution is -2.35. The summed E-state index contributed by atoms with van der Waals surface area (Å²) in [6.07, 6.45) is 9.87. The van der Waals surface area contributed by atoms with Gasteiger partial charge in [-0.05, 0) is 112 Å². The molecule has 4 heteroatoms. The van der Waals surface area contributed by atoms with E-state index >= 15 is 0 Å². The maximum absolute atomic E-state index is 12.4. The number of aromatic nitrogens is 1. The Morgan fingerprint density at radius 2 is 1.44 bits per heavy atom. The minimum absolute atomic E-state index is 0.137. The van der Waals surface area contributed by atoms with Gasteiger partial charge in [0.2, 0.25) is 0 Å². The van der Waals surface area contributed by atoms with E-state index in [4.69, 9.17) is 0 Å². The number of aryl methyl sites for hydroxylation is 6. The van der Waals surface area contributed by atoms with Gasteiger partial charge in [0.15, 0.2) is 5.78 Å². The zero-order valence-corrected chi connectivity index (χ0v) is 27.3. The average molecular weight is 559 g/mol. The van der Waals surface area contributed by atoms with Gasteiger partial charge in [0.1, 0.15) is 0 Å². The molecule has 0 N–H and O–H groups in total. The number of carbonyl (C=O) groups is 2. The van der Waals surface area contributed by atoms with Gasteiger partial charge in [0.25, 0.3) is 5.91 Å². The molecule has 1 aromatic heterocycles. The van der Waals surface area contributed by atoms with Crippen LogP contribution in [-0.4, -0.2) is 34.7 Å². The van der Waals surface area contributed by atoms with Crippen LogP contribution in [0.15, 0.2) is 54.7 Å². The number of carbonyl (C=O) groups excluding carboxylic acids is 2. The lowest BCUT2D eigenvalue weighted by atomic mass is 10.00.